The van der Waals surface area contributed by atoms with E-state index >= 15 is 0 Å². The van der Waals surface area contributed by atoms with E-state index in [1.165, 1.54) is 5.56 Å². The Bertz CT molecular complexity index is 638. The summed E-state index contributed by atoms with van der Waals surface area (Å²) in [6.07, 6.45) is 0.910. The summed E-state index contributed by atoms with van der Waals surface area (Å²) in [5, 5.41) is 3.30. The fraction of sp³-hybridized carbons (Fsp3) is 0.235. The lowest BCUT2D eigenvalue weighted by atomic mass is 10.1. The summed E-state index contributed by atoms with van der Waals surface area (Å²) in [4.78, 5) is 12.0. The lowest BCUT2D eigenvalue weighted by Gasteiger charge is -2.14. The third-order valence-corrected chi connectivity index (χ3v) is 3.21. The van der Waals surface area contributed by atoms with Crippen molar-refractivity contribution in [1.29, 1.82) is 0 Å². The smallest absolute Gasteiger partial charge is 0.340 e. The summed E-state index contributed by atoms with van der Waals surface area (Å²) in [7, 11) is 0. The number of anilines is 3. The molecule has 0 aliphatic carbocycles. The first-order chi connectivity index (χ1) is 10.2. The number of hydrogen-bond acceptors (Lipinski definition) is 4. The van der Waals surface area contributed by atoms with Crippen LogP contribution in [0.4, 0.5) is 17.1 Å². The van der Waals surface area contributed by atoms with E-state index in [1.54, 1.807) is 25.1 Å². The van der Waals surface area contributed by atoms with Crippen molar-refractivity contribution in [2.75, 3.05) is 17.7 Å². The van der Waals surface area contributed by atoms with Crippen LogP contribution in [0.25, 0.3) is 0 Å². The second-order valence-corrected chi connectivity index (χ2v) is 4.66. The van der Waals surface area contributed by atoms with E-state index in [1.807, 2.05) is 18.2 Å². The lowest BCUT2D eigenvalue weighted by Crippen LogP contribution is -2.09. The zero-order valence-corrected chi connectivity index (χ0v) is 12.3. The van der Waals surface area contributed by atoms with Gasteiger partial charge < -0.3 is 15.8 Å². The molecular formula is C17H20N2O2. The first kappa shape index (κ1) is 14.9. The molecule has 0 amide bonds. The Balaban J connectivity index is 2.37. The summed E-state index contributed by atoms with van der Waals surface area (Å²) in [5.41, 5.74) is 9.62. The first-order valence-electron chi connectivity index (χ1n) is 7.07. The summed E-state index contributed by atoms with van der Waals surface area (Å²) >= 11 is 0. The van der Waals surface area contributed by atoms with E-state index in [0.29, 0.717) is 23.5 Å². The molecule has 0 aromatic heterocycles. The molecule has 0 heterocycles. The van der Waals surface area contributed by atoms with Crippen LogP contribution in [-0.2, 0) is 11.2 Å². The molecule has 0 fully saturated rings. The second-order valence-electron chi connectivity index (χ2n) is 4.66. The third-order valence-electron chi connectivity index (χ3n) is 3.21. The molecule has 0 spiro atoms. The van der Waals surface area contributed by atoms with Gasteiger partial charge in [0.05, 0.1) is 17.9 Å². The molecule has 4 heteroatoms. The third kappa shape index (κ3) is 3.54. The number of nitrogens with two attached hydrogens (primary N) is 1. The minimum Gasteiger partial charge on any atom is -0.462 e. The van der Waals surface area contributed by atoms with Crippen molar-refractivity contribution in [1.82, 2.24) is 0 Å². The van der Waals surface area contributed by atoms with Gasteiger partial charge in [-0.25, -0.2) is 4.79 Å². The Kier molecular flexibility index (Phi) is 4.82. The average Bonchev–Trinajstić information content (AvgIpc) is 2.49. The second kappa shape index (κ2) is 6.79. The van der Waals surface area contributed by atoms with Crippen molar-refractivity contribution in [3.8, 4) is 0 Å². The number of rotatable bonds is 5. The summed E-state index contributed by atoms with van der Waals surface area (Å²) in [5.74, 6) is -0.374. The van der Waals surface area contributed by atoms with Crippen LogP contribution >= 0.6 is 0 Å². The van der Waals surface area contributed by atoms with Crippen molar-refractivity contribution < 1.29 is 9.53 Å². The van der Waals surface area contributed by atoms with Gasteiger partial charge >= 0.3 is 5.97 Å². The highest BCUT2D eigenvalue weighted by Crippen LogP contribution is 2.26. The van der Waals surface area contributed by atoms with Crippen LogP contribution in [0, 0.1) is 0 Å². The van der Waals surface area contributed by atoms with Gasteiger partial charge in [0.25, 0.3) is 0 Å². The standard InChI is InChI=1S/C17H20N2O2/c1-3-12-7-5-6-8-15(12)19-16-10-9-13(18)11-14(16)17(20)21-4-2/h5-11,19H,3-4,18H2,1-2H3. The Morgan fingerprint density at radius 2 is 1.90 bits per heavy atom. The maximum absolute atomic E-state index is 12.0. The number of hydrogen-bond donors (Lipinski definition) is 2. The lowest BCUT2D eigenvalue weighted by molar-refractivity contribution is 0.0527. The van der Waals surface area contributed by atoms with Gasteiger partial charge in [-0.2, -0.15) is 0 Å². The number of carbonyl (C=O) groups excluding carboxylic acids is 1. The van der Waals surface area contributed by atoms with E-state index in [-0.39, 0.29) is 5.97 Å². The van der Waals surface area contributed by atoms with Crippen molar-refractivity contribution in [3.63, 3.8) is 0 Å². The molecule has 21 heavy (non-hydrogen) atoms. The molecule has 2 aromatic carbocycles. The fourth-order valence-electron chi connectivity index (χ4n) is 2.14. The summed E-state index contributed by atoms with van der Waals surface area (Å²) in [6.45, 7) is 4.21. The van der Waals surface area contributed by atoms with Crippen LogP contribution in [0.15, 0.2) is 42.5 Å². The number of aryl methyl sites for hydroxylation is 1. The van der Waals surface area contributed by atoms with Crippen molar-refractivity contribution in [2.24, 2.45) is 0 Å². The predicted octanol–water partition coefficient (Wildman–Crippen LogP) is 3.75. The SMILES string of the molecule is CCOC(=O)c1cc(N)ccc1Nc1ccccc1CC. The van der Waals surface area contributed by atoms with E-state index in [2.05, 4.69) is 18.3 Å². The molecule has 0 radical (unpaired) electrons. The first-order valence-corrected chi connectivity index (χ1v) is 7.07. The van der Waals surface area contributed by atoms with Crippen LogP contribution < -0.4 is 11.1 Å². The maximum Gasteiger partial charge on any atom is 0.340 e. The van der Waals surface area contributed by atoms with Gasteiger partial charge in [0.1, 0.15) is 0 Å². The van der Waals surface area contributed by atoms with E-state index in [9.17, 15) is 4.79 Å². The molecule has 0 saturated heterocycles. The molecule has 110 valence electrons. The number of para-hydroxylation sites is 1. The van der Waals surface area contributed by atoms with Crippen LogP contribution in [0.2, 0.25) is 0 Å². The molecule has 0 bridgehead atoms. The zero-order chi connectivity index (χ0) is 15.2. The number of benzene rings is 2. The number of nitrogen functional groups attached to an aromatic ring is 1. The van der Waals surface area contributed by atoms with Crippen LogP contribution in [0.3, 0.4) is 0 Å². The maximum atomic E-state index is 12.0. The van der Waals surface area contributed by atoms with Gasteiger partial charge in [0, 0.05) is 11.4 Å². The topological polar surface area (TPSA) is 64.3 Å². The molecule has 2 aromatic rings. The number of esters is 1. The van der Waals surface area contributed by atoms with E-state index in [0.717, 1.165) is 12.1 Å². The molecule has 0 aliphatic rings. The van der Waals surface area contributed by atoms with Crippen LogP contribution in [0.5, 0.6) is 0 Å². The van der Waals surface area contributed by atoms with Crippen LogP contribution in [0.1, 0.15) is 29.8 Å². The van der Waals surface area contributed by atoms with Gasteiger partial charge in [-0.1, -0.05) is 25.1 Å². The highest BCUT2D eigenvalue weighted by atomic mass is 16.5. The van der Waals surface area contributed by atoms with Gasteiger partial charge in [-0.05, 0) is 43.2 Å². The van der Waals surface area contributed by atoms with Crippen LogP contribution in [-0.4, -0.2) is 12.6 Å². The van der Waals surface area contributed by atoms with Crippen molar-refractivity contribution >= 4 is 23.0 Å². The minimum atomic E-state index is -0.374. The van der Waals surface area contributed by atoms with Crippen molar-refractivity contribution in [3.05, 3.63) is 53.6 Å². The Labute approximate surface area is 124 Å². The average molecular weight is 284 g/mol. The Morgan fingerprint density at radius 1 is 1.14 bits per heavy atom. The molecule has 0 atom stereocenters. The molecule has 0 unspecified atom stereocenters. The largest absolute Gasteiger partial charge is 0.462 e. The number of carbonyl (C=O) groups is 1. The van der Waals surface area contributed by atoms with E-state index in [4.69, 9.17) is 10.5 Å². The quantitative estimate of drug-likeness (QED) is 0.648. The minimum absolute atomic E-state index is 0.332. The Hall–Kier alpha value is -2.49. The monoisotopic (exact) mass is 284 g/mol. The summed E-state index contributed by atoms with van der Waals surface area (Å²) in [6, 6.07) is 13.2. The number of nitrogens with one attached hydrogen (secondary N) is 1. The molecule has 4 nitrogen and oxygen atoms in total. The zero-order valence-electron chi connectivity index (χ0n) is 12.3. The molecule has 0 aliphatic heterocycles. The predicted molar refractivity (Wildman–Crippen MR) is 85.9 cm³/mol. The molecular weight excluding hydrogens is 264 g/mol. The highest BCUT2D eigenvalue weighted by molar-refractivity contribution is 5.97. The molecule has 0 saturated carbocycles. The van der Waals surface area contributed by atoms with Gasteiger partial charge in [-0.3, -0.25) is 0 Å². The van der Waals surface area contributed by atoms with Gasteiger partial charge in [0.15, 0.2) is 0 Å². The van der Waals surface area contributed by atoms with Crippen molar-refractivity contribution in [2.45, 2.75) is 20.3 Å². The molecule has 3 N–H and O–H groups in total. The summed E-state index contributed by atoms with van der Waals surface area (Å²) < 4.78 is 5.08. The normalized spacial score (nSPS) is 10.2. The van der Waals surface area contributed by atoms with Gasteiger partial charge in [0.2, 0.25) is 0 Å². The number of ether oxygens (including phenoxy) is 1. The Morgan fingerprint density at radius 3 is 2.62 bits per heavy atom. The highest BCUT2D eigenvalue weighted by Gasteiger charge is 2.14. The van der Waals surface area contributed by atoms with Gasteiger partial charge in [-0.15, -0.1) is 0 Å². The van der Waals surface area contributed by atoms with E-state index < -0.39 is 0 Å². The fourth-order valence-corrected chi connectivity index (χ4v) is 2.14. The molecule has 2 rings (SSSR count).